The Morgan fingerprint density at radius 1 is 0.875 bits per heavy atom. The predicted molar refractivity (Wildman–Crippen MR) is 149 cm³/mol. The lowest BCUT2D eigenvalue weighted by atomic mass is 10.1. The number of carbonyl (C=O) groups is 2. The second kappa shape index (κ2) is 12.8. The van der Waals surface area contributed by atoms with Crippen molar-refractivity contribution in [3.05, 3.63) is 83.0 Å². The third kappa shape index (κ3) is 7.41. The normalized spacial score (nSPS) is 10.9. The van der Waals surface area contributed by atoms with Gasteiger partial charge in [-0.3, -0.25) is 14.6 Å². The Labute approximate surface area is 233 Å². The van der Waals surface area contributed by atoms with Crippen molar-refractivity contribution in [3.63, 3.8) is 0 Å². The lowest BCUT2D eigenvalue weighted by Gasteiger charge is -2.06. The minimum absolute atomic E-state index is 0.111. The van der Waals surface area contributed by atoms with E-state index in [1.54, 1.807) is 36.0 Å². The van der Waals surface area contributed by atoms with Crippen LogP contribution < -0.4 is 15.4 Å². The number of aryl methyl sites for hydroxylation is 2. The quantitative estimate of drug-likeness (QED) is 0.220. The summed E-state index contributed by atoms with van der Waals surface area (Å²) in [4.78, 5) is 28.9. The van der Waals surface area contributed by atoms with Gasteiger partial charge in [0.15, 0.2) is 5.82 Å². The van der Waals surface area contributed by atoms with Crippen molar-refractivity contribution >= 4 is 39.6 Å². The summed E-state index contributed by atoms with van der Waals surface area (Å²) in [6, 6.07) is 14.7. The standard InChI is InChI=1S/C27H27N9O3S/c1-39-22-11-12-28-19(15-22)16-24(37)29-23-10-9-18(31-32-23)6-2-3-8-26-33-34-27(40-26)30-25(38)17-20-14-21-7-4-5-13-36(21)35-20/h4-5,7,9-15H,2-3,6,8,16-17H2,1H3,(H,29,32,37)(H,30,34,38). The number of aromatic nitrogens is 7. The third-order valence-corrected chi connectivity index (χ3v) is 6.80. The molecule has 0 spiro atoms. The molecule has 0 radical (unpaired) electrons. The smallest absolute Gasteiger partial charge is 0.232 e. The Kier molecular flexibility index (Phi) is 8.61. The van der Waals surface area contributed by atoms with Gasteiger partial charge in [-0.1, -0.05) is 17.4 Å². The van der Waals surface area contributed by atoms with Crippen molar-refractivity contribution in [2.75, 3.05) is 17.7 Å². The summed E-state index contributed by atoms with van der Waals surface area (Å²) in [7, 11) is 1.57. The molecule has 204 valence electrons. The number of amides is 2. The highest BCUT2D eigenvalue weighted by Crippen LogP contribution is 2.18. The van der Waals surface area contributed by atoms with Gasteiger partial charge in [-0.2, -0.15) is 10.2 Å². The molecule has 0 atom stereocenters. The number of nitrogens with one attached hydrogen (secondary N) is 2. The minimum atomic E-state index is -0.231. The van der Waals surface area contributed by atoms with E-state index >= 15 is 0 Å². The van der Waals surface area contributed by atoms with Gasteiger partial charge in [-0.05, 0) is 55.7 Å². The first-order valence-corrected chi connectivity index (χ1v) is 13.5. The molecule has 0 saturated carbocycles. The highest BCUT2D eigenvalue weighted by Gasteiger charge is 2.12. The van der Waals surface area contributed by atoms with Gasteiger partial charge < -0.3 is 15.4 Å². The van der Waals surface area contributed by atoms with Crippen LogP contribution in [0.15, 0.2) is 60.9 Å². The fraction of sp³-hybridized carbons (Fsp3) is 0.259. The summed E-state index contributed by atoms with van der Waals surface area (Å²) in [5.74, 6) is 0.629. The van der Waals surface area contributed by atoms with Crippen LogP contribution in [0.3, 0.4) is 0 Å². The minimum Gasteiger partial charge on any atom is -0.497 e. The summed E-state index contributed by atoms with van der Waals surface area (Å²) in [5.41, 5.74) is 3.08. The number of rotatable bonds is 12. The lowest BCUT2D eigenvalue weighted by molar-refractivity contribution is -0.116. The maximum atomic E-state index is 12.4. The van der Waals surface area contributed by atoms with E-state index in [9.17, 15) is 9.59 Å². The Morgan fingerprint density at radius 3 is 2.55 bits per heavy atom. The predicted octanol–water partition coefficient (Wildman–Crippen LogP) is 3.31. The highest BCUT2D eigenvalue weighted by atomic mass is 32.1. The second-order valence-electron chi connectivity index (χ2n) is 8.96. The second-order valence-corrected chi connectivity index (χ2v) is 10.0. The van der Waals surface area contributed by atoms with Crippen LogP contribution in [0.1, 0.15) is 34.9 Å². The van der Waals surface area contributed by atoms with Crippen LogP contribution in [-0.2, 0) is 35.3 Å². The van der Waals surface area contributed by atoms with Crippen LogP contribution in [0.4, 0.5) is 10.9 Å². The zero-order chi connectivity index (χ0) is 27.7. The molecule has 5 aromatic heterocycles. The van der Waals surface area contributed by atoms with Crippen LogP contribution in [0.2, 0.25) is 0 Å². The van der Waals surface area contributed by atoms with Gasteiger partial charge in [-0.15, -0.1) is 15.3 Å². The van der Waals surface area contributed by atoms with Crippen LogP contribution in [0, 0.1) is 0 Å². The number of pyridine rings is 2. The SMILES string of the molecule is COc1ccnc(CC(=O)Nc2ccc(CCCCc3nnc(NC(=O)Cc4cc5ccccn5n4)s3)nn2)c1. The van der Waals surface area contributed by atoms with E-state index in [-0.39, 0.29) is 24.7 Å². The molecule has 0 unspecified atom stereocenters. The lowest BCUT2D eigenvalue weighted by Crippen LogP contribution is -2.16. The van der Waals surface area contributed by atoms with Crippen molar-refractivity contribution in [3.8, 4) is 5.75 Å². The van der Waals surface area contributed by atoms with E-state index in [2.05, 4.69) is 41.1 Å². The number of methoxy groups -OCH3 is 1. The van der Waals surface area contributed by atoms with Gasteiger partial charge in [0.25, 0.3) is 0 Å². The first-order valence-electron chi connectivity index (χ1n) is 12.7. The third-order valence-electron chi connectivity index (χ3n) is 5.90. The monoisotopic (exact) mass is 557 g/mol. The average molecular weight is 558 g/mol. The molecule has 5 aromatic rings. The van der Waals surface area contributed by atoms with Gasteiger partial charge in [-0.25, -0.2) is 4.52 Å². The number of ether oxygens (including phenoxy) is 1. The molecule has 0 fully saturated rings. The molecule has 2 N–H and O–H groups in total. The summed E-state index contributed by atoms with van der Waals surface area (Å²) in [6.07, 6.45) is 6.99. The molecule has 0 aliphatic heterocycles. The number of anilines is 2. The molecular formula is C27H27N9O3S. The molecule has 2 amide bonds. The van der Waals surface area contributed by atoms with Crippen molar-refractivity contribution in [1.82, 2.24) is 35.0 Å². The van der Waals surface area contributed by atoms with E-state index in [0.29, 0.717) is 28.1 Å². The number of hydrogen-bond acceptors (Lipinski definition) is 10. The largest absolute Gasteiger partial charge is 0.497 e. The zero-order valence-electron chi connectivity index (χ0n) is 21.8. The van der Waals surface area contributed by atoms with E-state index in [1.165, 1.54) is 11.3 Å². The van der Waals surface area contributed by atoms with Crippen molar-refractivity contribution in [2.45, 2.75) is 38.5 Å². The number of unbranched alkanes of at least 4 members (excludes halogenated alkanes) is 1. The molecule has 0 bridgehead atoms. The molecule has 5 rings (SSSR count). The van der Waals surface area contributed by atoms with Crippen LogP contribution in [0.5, 0.6) is 5.75 Å². The van der Waals surface area contributed by atoms with E-state index in [4.69, 9.17) is 4.74 Å². The number of hydrogen-bond donors (Lipinski definition) is 2. The molecule has 0 saturated heterocycles. The summed E-state index contributed by atoms with van der Waals surface area (Å²) < 4.78 is 6.90. The van der Waals surface area contributed by atoms with Crippen LogP contribution in [-0.4, -0.2) is 53.9 Å². The van der Waals surface area contributed by atoms with Gasteiger partial charge in [0.05, 0.1) is 42.5 Å². The van der Waals surface area contributed by atoms with Crippen LogP contribution >= 0.6 is 11.3 Å². The van der Waals surface area contributed by atoms with Gasteiger partial charge in [0.1, 0.15) is 10.8 Å². The van der Waals surface area contributed by atoms with Crippen molar-refractivity contribution < 1.29 is 14.3 Å². The molecule has 40 heavy (non-hydrogen) atoms. The molecule has 12 nitrogen and oxygen atoms in total. The van der Waals surface area contributed by atoms with Crippen molar-refractivity contribution in [2.24, 2.45) is 0 Å². The summed E-state index contributed by atoms with van der Waals surface area (Å²) >= 11 is 1.37. The first-order chi connectivity index (χ1) is 19.5. The Bertz CT molecular complexity index is 1570. The Morgan fingerprint density at radius 2 is 1.73 bits per heavy atom. The van der Waals surface area contributed by atoms with Gasteiger partial charge >= 0.3 is 0 Å². The highest BCUT2D eigenvalue weighted by molar-refractivity contribution is 7.15. The Hall–Kier alpha value is -4.78. The molecule has 0 aliphatic carbocycles. The maximum absolute atomic E-state index is 12.4. The fourth-order valence-corrected chi connectivity index (χ4v) is 4.78. The molecular weight excluding hydrogens is 530 g/mol. The molecule has 13 heteroatoms. The molecule has 0 aliphatic rings. The van der Waals surface area contributed by atoms with Crippen LogP contribution in [0.25, 0.3) is 5.52 Å². The number of carbonyl (C=O) groups excluding carboxylic acids is 2. The topological polar surface area (TPSA) is 149 Å². The average Bonchev–Trinajstić information content (AvgIpc) is 3.58. The van der Waals surface area contributed by atoms with E-state index < -0.39 is 0 Å². The van der Waals surface area contributed by atoms with Gasteiger partial charge in [0, 0.05) is 24.9 Å². The summed E-state index contributed by atoms with van der Waals surface area (Å²) in [6.45, 7) is 0. The number of fused-ring (bicyclic) bond motifs is 1. The van der Waals surface area contributed by atoms with E-state index in [1.807, 2.05) is 36.5 Å². The Balaban J connectivity index is 1.01. The van der Waals surface area contributed by atoms with E-state index in [0.717, 1.165) is 41.9 Å². The zero-order valence-corrected chi connectivity index (χ0v) is 22.6. The molecule has 5 heterocycles. The van der Waals surface area contributed by atoms with Crippen molar-refractivity contribution in [1.29, 1.82) is 0 Å². The number of nitrogens with zero attached hydrogens (tertiary/aromatic N) is 7. The fourth-order valence-electron chi connectivity index (χ4n) is 3.98. The summed E-state index contributed by atoms with van der Waals surface area (Å²) in [5, 5.41) is 27.9. The maximum Gasteiger partial charge on any atom is 0.232 e. The first kappa shape index (κ1) is 26.8. The van der Waals surface area contributed by atoms with Gasteiger partial charge in [0.2, 0.25) is 16.9 Å². The molecule has 0 aromatic carbocycles.